The van der Waals surface area contributed by atoms with Crippen molar-refractivity contribution in [2.75, 3.05) is 0 Å². The summed E-state index contributed by atoms with van der Waals surface area (Å²) in [6.45, 7) is 2.88. The van der Waals surface area contributed by atoms with Crippen LogP contribution in [0.5, 0.6) is 0 Å². The molecule has 0 atom stereocenters. The summed E-state index contributed by atoms with van der Waals surface area (Å²) in [5.41, 5.74) is 1.12. The summed E-state index contributed by atoms with van der Waals surface area (Å²) in [5, 5.41) is 9.71. The second-order valence-electron chi connectivity index (χ2n) is 3.66. The molecule has 2 rings (SSSR count). The number of hydrogen-bond acceptors (Lipinski definition) is 3. The number of fused-ring (bicyclic) bond motifs is 1. The van der Waals surface area contributed by atoms with Gasteiger partial charge in [0.1, 0.15) is 0 Å². The van der Waals surface area contributed by atoms with Crippen molar-refractivity contribution in [2.45, 2.75) is 13.8 Å². The van der Waals surface area contributed by atoms with Crippen molar-refractivity contribution in [3.63, 3.8) is 0 Å². The summed E-state index contributed by atoms with van der Waals surface area (Å²) in [6.07, 6.45) is 0. The molecule has 0 aliphatic rings. The zero-order valence-corrected chi connectivity index (χ0v) is 9.43. The summed E-state index contributed by atoms with van der Waals surface area (Å²) < 4.78 is 1.25. The number of benzene rings is 1. The van der Waals surface area contributed by atoms with Gasteiger partial charge in [-0.1, -0.05) is 18.2 Å². The Bertz CT molecular complexity index is 612. The first-order chi connectivity index (χ1) is 8.02. The van der Waals surface area contributed by atoms with Crippen molar-refractivity contribution in [3.05, 3.63) is 35.5 Å². The number of aromatic nitrogens is 1. The van der Waals surface area contributed by atoms with Crippen molar-refractivity contribution >= 4 is 22.8 Å². The number of nitrogens with zero attached hydrogens (tertiary/aromatic N) is 1. The first kappa shape index (κ1) is 11.2. The van der Waals surface area contributed by atoms with Gasteiger partial charge in [0.15, 0.2) is 0 Å². The van der Waals surface area contributed by atoms with E-state index in [9.17, 15) is 9.59 Å². The van der Waals surface area contributed by atoms with Crippen molar-refractivity contribution in [1.82, 2.24) is 4.73 Å². The predicted octanol–water partition coefficient (Wildman–Crippen LogP) is 1.62. The fourth-order valence-electron chi connectivity index (χ4n) is 1.86. The Balaban J connectivity index is 2.79. The molecule has 5 nitrogen and oxygen atoms in total. The molecule has 5 heteroatoms. The van der Waals surface area contributed by atoms with Gasteiger partial charge >= 0.3 is 11.9 Å². The maximum Gasteiger partial charge on any atom is 0.338 e. The quantitative estimate of drug-likeness (QED) is 0.855. The molecule has 0 spiro atoms. The van der Waals surface area contributed by atoms with Crippen LogP contribution in [0, 0.1) is 6.92 Å². The van der Waals surface area contributed by atoms with Gasteiger partial charge in [-0.15, -0.1) is 0 Å². The molecule has 2 aromatic rings. The largest absolute Gasteiger partial charge is 0.478 e. The van der Waals surface area contributed by atoms with Crippen LogP contribution in [0.15, 0.2) is 24.3 Å². The highest BCUT2D eigenvalue weighted by Crippen LogP contribution is 2.24. The van der Waals surface area contributed by atoms with Crippen molar-refractivity contribution in [2.24, 2.45) is 0 Å². The second-order valence-corrected chi connectivity index (χ2v) is 3.66. The van der Waals surface area contributed by atoms with E-state index in [0.29, 0.717) is 16.6 Å². The van der Waals surface area contributed by atoms with Crippen molar-refractivity contribution in [1.29, 1.82) is 0 Å². The van der Waals surface area contributed by atoms with E-state index in [4.69, 9.17) is 9.94 Å². The van der Waals surface area contributed by atoms with Crippen LogP contribution in [-0.4, -0.2) is 21.8 Å². The van der Waals surface area contributed by atoms with Crippen LogP contribution < -0.4 is 4.84 Å². The molecule has 0 saturated heterocycles. The molecule has 0 saturated carbocycles. The lowest BCUT2D eigenvalue weighted by Gasteiger charge is -2.05. The van der Waals surface area contributed by atoms with Crippen LogP contribution in [0.4, 0.5) is 0 Å². The second kappa shape index (κ2) is 3.93. The molecule has 0 amide bonds. The van der Waals surface area contributed by atoms with E-state index in [2.05, 4.69) is 0 Å². The third-order valence-corrected chi connectivity index (χ3v) is 2.49. The number of carboxylic acid groups (broad SMARTS) is 1. The monoisotopic (exact) mass is 233 g/mol. The molecule has 1 N–H and O–H groups in total. The molecule has 0 radical (unpaired) electrons. The fraction of sp³-hybridized carbons (Fsp3) is 0.167. The number of para-hydroxylation sites is 1. The Morgan fingerprint density at radius 2 is 1.94 bits per heavy atom. The van der Waals surface area contributed by atoms with E-state index in [1.165, 1.54) is 11.7 Å². The lowest BCUT2D eigenvalue weighted by molar-refractivity contribution is -0.141. The molecular formula is C12H11NO4. The third-order valence-electron chi connectivity index (χ3n) is 2.49. The molecule has 0 aliphatic heterocycles. The van der Waals surface area contributed by atoms with E-state index in [1.54, 1.807) is 31.2 Å². The van der Waals surface area contributed by atoms with Crippen LogP contribution in [0.25, 0.3) is 10.9 Å². The number of carbonyl (C=O) groups excluding carboxylic acids is 1. The van der Waals surface area contributed by atoms with E-state index in [1.807, 2.05) is 0 Å². The van der Waals surface area contributed by atoms with E-state index >= 15 is 0 Å². The summed E-state index contributed by atoms with van der Waals surface area (Å²) >= 11 is 0. The van der Waals surface area contributed by atoms with Gasteiger partial charge in [0.2, 0.25) is 0 Å². The molecule has 0 fully saturated rings. The van der Waals surface area contributed by atoms with Gasteiger partial charge in [-0.25, -0.2) is 9.59 Å². The van der Waals surface area contributed by atoms with Gasteiger partial charge in [0.05, 0.1) is 16.8 Å². The highest BCUT2D eigenvalue weighted by atomic mass is 16.7. The van der Waals surface area contributed by atoms with Gasteiger partial charge in [0.25, 0.3) is 0 Å². The Kier molecular flexibility index (Phi) is 2.59. The Morgan fingerprint density at radius 3 is 2.53 bits per heavy atom. The van der Waals surface area contributed by atoms with E-state index in [0.717, 1.165) is 0 Å². The standard InChI is InChI=1S/C12H11NO4/c1-7-11(12(15)16)9-5-3-4-6-10(9)13(7)17-8(2)14/h3-6H,1-2H3,(H,15,16). The molecule has 1 aromatic carbocycles. The van der Waals surface area contributed by atoms with Gasteiger partial charge in [-0.05, 0) is 13.0 Å². The maximum atomic E-state index is 11.2. The van der Waals surface area contributed by atoms with E-state index in [-0.39, 0.29) is 5.56 Å². The molecular weight excluding hydrogens is 222 g/mol. The molecule has 1 heterocycles. The number of carbonyl (C=O) groups is 2. The normalized spacial score (nSPS) is 10.5. The minimum Gasteiger partial charge on any atom is -0.478 e. The van der Waals surface area contributed by atoms with Gasteiger partial charge in [0, 0.05) is 12.3 Å². The average Bonchev–Trinajstić information content (AvgIpc) is 2.52. The number of rotatable bonds is 2. The van der Waals surface area contributed by atoms with Crippen LogP contribution in [0.2, 0.25) is 0 Å². The summed E-state index contributed by atoms with van der Waals surface area (Å²) in [6, 6.07) is 6.89. The van der Waals surface area contributed by atoms with Crippen LogP contribution in [0.1, 0.15) is 23.0 Å². The minimum absolute atomic E-state index is 0.154. The Hall–Kier alpha value is -2.30. The van der Waals surface area contributed by atoms with Gasteiger partial charge < -0.3 is 9.94 Å². The minimum atomic E-state index is -1.04. The SMILES string of the molecule is CC(=O)On1c(C)c(C(=O)O)c2ccccc21. The van der Waals surface area contributed by atoms with Crippen LogP contribution in [0.3, 0.4) is 0 Å². The van der Waals surface area contributed by atoms with Crippen LogP contribution in [-0.2, 0) is 4.79 Å². The van der Waals surface area contributed by atoms with E-state index < -0.39 is 11.9 Å². The van der Waals surface area contributed by atoms with Crippen molar-refractivity contribution < 1.29 is 19.5 Å². The third kappa shape index (κ3) is 1.75. The summed E-state index contributed by atoms with van der Waals surface area (Å²) in [5.74, 6) is -1.53. The molecule has 1 aromatic heterocycles. The first-order valence-corrected chi connectivity index (χ1v) is 5.04. The molecule has 0 bridgehead atoms. The van der Waals surface area contributed by atoms with Crippen LogP contribution >= 0.6 is 0 Å². The fourth-order valence-corrected chi connectivity index (χ4v) is 1.86. The first-order valence-electron chi connectivity index (χ1n) is 5.04. The zero-order chi connectivity index (χ0) is 12.6. The van der Waals surface area contributed by atoms with Gasteiger partial charge in [-0.3, -0.25) is 0 Å². The average molecular weight is 233 g/mol. The highest BCUT2D eigenvalue weighted by Gasteiger charge is 2.20. The highest BCUT2D eigenvalue weighted by molar-refractivity contribution is 6.05. The number of aromatic carboxylic acids is 1. The Labute approximate surface area is 97.2 Å². The lowest BCUT2D eigenvalue weighted by Crippen LogP contribution is -2.18. The number of carboxylic acids is 1. The number of hydrogen-bond donors (Lipinski definition) is 1. The predicted molar refractivity (Wildman–Crippen MR) is 60.9 cm³/mol. The molecule has 0 aliphatic carbocycles. The molecule has 88 valence electrons. The Morgan fingerprint density at radius 1 is 1.29 bits per heavy atom. The molecule has 0 unspecified atom stereocenters. The van der Waals surface area contributed by atoms with Gasteiger partial charge in [-0.2, -0.15) is 4.73 Å². The molecule has 17 heavy (non-hydrogen) atoms. The zero-order valence-electron chi connectivity index (χ0n) is 9.43. The smallest absolute Gasteiger partial charge is 0.338 e. The maximum absolute atomic E-state index is 11.2. The summed E-state index contributed by atoms with van der Waals surface area (Å²) in [4.78, 5) is 27.2. The topological polar surface area (TPSA) is 68.5 Å². The lowest BCUT2D eigenvalue weighted by atomic mass is 10.1. The summed E-state index contributed by atoms with van der Waals surface area (Å²) in [7, 11) is 0. The van der Waals surface area contributed by atoms with Crippen molar-refractivity contribution in [3.8, 4) is 0 Å².